The number of aliphatic hydroxyl groups excluding tert-OH is 2. The van der Waals surface area contributed by atoms with Gasteiger partial charge in [0.25, 0.3) is 0 Å². The van der Waals surface area contributed by atoms with Gasteiger partial charge in [-0.1, -0.05) is 390 Å². The SMILES string of the molecule is CCCCCC/C=C\C/C=C\CCCCCCCCCC(=O)OCCCCCCCCCCCCCCCCCCCC/C=C\CCCCCCCCCCCCCCCCCCCC(=O)NC(CO)C(O)/C=C/CCCCCCCCCCCCCCC. The number of esters is 1. The summed E-state index contributed by atoms with van der Waals surface area (Å²) in [5.74, 6) is -0.0457. The number of hydrogen-bond acceptors (Lipinski definition) is 5. The maximum atomic E-state index is 12.5. The Hall–Kier alpha value is -2.18. The van der Waals surface area contributed by atoms with Gasteiger partial charge >= 0.3 is 5.97 Å². The molecule has 0 aliphatic carbocycles. The van der Waals surface area contributed by atoms with Crippen LogP contribution in [-0.2, 0) is 14.3 Å². The molecule has 6 nitrogen and oxygen atoms in total. The van der Waals surface area contributed by atoms with Crippen molar-refractivity contribution in [3.05, 3.63) is 48.6 Å². The fourth-order valence-corrected chi connectivity index (χ4v) is 12.7. The second-order valence-electron chi connectivity index (χ2n) is 27.7. The van der Waals surface area contributed by atoms with E-state index in [0.29, 0.717) is 19.4 Å². The molecule has 0 aliphatic heterocycles. The Morgan fingerprint density at radius 1 is 0.315 bits per heavy atom. The van der Waals surface area contributed by atoms with Crippen molar-refractivity contribution in [3.8, 4) is 0 Å². The van der Waals surface area contributed by atoms with Gasteiger partial charge in [-0.3, -0.25) is 9.59 Å². The second kappa shape index (κ2) is 78.3. The van der Waals surface area contributed by atoms with E-state index < -0.39 is 12.1 Å². The number of carbonyl (C=O) groups excluding carboxylic acids is 2. The van der Waals surface area contributed by atoms with Crippen molar-refractivity contribution in [1.29, 1.82) is 0 Å². The Morgan fingerprint density at radius 2 is 0.562 bits per heavy atom. The first-order valence-electron chi connectivity index (χ1n) is 40.4. The Bertz CT molecular complexity index is 1490. The molecular formula is C83H157NO5. The summed E-state index contributed by atoms with van der Waals surface area (Å²) in [6, 6.07) is -0.625. The minimum absolute atomic E-state index is 0.0154. The molecule has 0 rings (SSSR count). The zero-order chi connectivity index (χ0) is 64.2. The fraction of sp³-hybridized carbons (Fsp3) is 0.880. The summed E-state index contributed by atoms with van der Waals surface area (Å²) in [7, 11) is 0. The summed E-state index contributed by atoms with van der Waals surface area (Å²) >= 11 is 0. The number of aliphatic hydroxyl groups is 2. The topological polar surface area (TPSA) is 95.9 Å². The third-order valence-electron chi connectivity index (χ3n) is 18.8. The van der Waals surface area contributed by atoms with E-state index in [1.54, 1.807) is 6.08 Å². The largest absolute Gasteiger partial charge is 0.466 e. The molecule has 89 heavy (non-hydrogen) atoms. The van der Waals surface area contributed by atoms with Crippen LogP contribution >= 0.6 is 0 Å². The van der Waals surface area contributed by atoms with Crippen LogP contribution in [0.1, 0.15) is 444 Å². The van der Waals surface area contributed by atoms with Gasteiger partial charge < -0.3 is 20.3 Å². The highest BCUT2D eigenvalue weighted by molar-refractivity contribution is 5.76. The van der Waals surface area contributed by atoms with Crippen LogP contribution in [0.3, 0.4) is 0 Å². The van der Waals surface area contributed by atoms with Crippen molar-refractivity contribution in [2.24, 2.45) is 0 Å². The molecule has 0 saturated heterocycles. The number of rotatable bonds is 76. The number of amides is 1. The minimum Gasteiger partial charge on any atom is -0.466 e. The average molecular weight is 1250 g/mol. The van der Waals surface area contributed by atoms with Crippen LogP contribution in [0.25, 0.3) is 0 Å². The first-order valence-corrected chi connectivity index (χ1v) is 40.4. The van der Waals surface area contributed by atoms with Crippen LogP contribution in [0, 0.1) is 0 Å². The summed E-state index contributed by atoms with van der Waals surface area (Å²) < 4.78 is 5.51. The Kier molecular flexibility index (Phi) is 76.3. The smallest absolute Gasteiger partial charge is 0.305 e. The molecule has 0 aromatic rings. The molecule has 0 heterocycles. The van der Waals surface area contributed by atoms with Gasteiger partial charge in [0.2, 0.25) is 5.91 Å². The molecule has 3 N–H and O–H groups in total. The fourth-order valence-electron chi connectivity index (χ4n) is 12.7. The van der Waals surface area contributed by atoms with Gasteiger partial charge in [0.1, 0.15) is 0 Å². The van der Waals surface area contributed by atoms with Crippen LogP contribution in [0.2, 0.25) is 0 Å². The highest BCUT2D eigenvalue weighted by Gasteiger charge is 2.18. The second-order valence-corrected chi connectivity index (χ2v) is 27.7. The van der Waals surface area contributed by atoms with E-state index in [2.05, 4.69) is 55.6 Å². The minimum atomic E-state index is -0.841. The summed E-state index contributed by atoms with van der Waals surface area (Å²) in [6.07, 6.45) is 104. The van der Waals surface area contributed by atoms with Gasteiger partial charge in [-0.2, -0.15) is 0 Å². The molecule has 0 aliphatic rings. The summed E-state index contributed by atoms with van der Waals surface area (Å²) in [5, 5.41) is 23.2. The molecule has 0 aromatic carbocycles. The molecule has 2 unspecified atom stereocenters. The molecule has 0 bridgehead atoms. The lowest BCUT2D eigenvalue weighted by Crippen LogP contribution is -2.45. The Balaban J connectivity index is 3.33. The maximum absolute atomic E-state index is 12.5. The molecule has 0 saturated carbocycles. The zero-order valence-corrected chi connectivity index (χ0v) is 60.2. The lowest BCUT2D eigenvalue weighted by Gasteiger charge is -2.20. The molecule has 524 valence electrons. The molecule has 0 radical (unpaired) electrons. The number of nitrogens with one attached hydrogen (secondary N) is 1. The highest BCUT2D eigenvalue weighted by atomic mass is 16.5. The lowest BCUT2D eigenvalue weighted by atomic mass is 10.0. The summed E-state index contributed by atoms with van der Waals surface area (Å²) in [5.41, 5.74) is 0. The quantitative estimate of drug-likeness (QED) is 0.0320. The van der Waals surface area contributed by atoms with Crippen molar-refractivity contribution in [2.75, 3.05) is 13.2 Å². The number of hydrogen-bond donors (Lipinski definition) is 3. The van der Waals surface area contributed by atoms with Crippen LogP contribution in [0.15, 0.2) is 48.6 Å². The molecule has 0 fully saturated rings. The van der Waals surface area contributed by atoms with E-state index in [0.717, 1.165) is 51.4 Å². The van der Waals surface area contributed by atoms with Crippen LogP contribution in [0.4, 0.5) is 0 Å². The number of carbonyl (C=O) groups is 2. The van der Waals surface area contributed by atoms with E-state index in [-0.39, 0.29) is 18.5 Å². The molecule has 0 aromatic heterocycles. The van der Waals surface area contributed by atoms with Gasteiger partial charge in [-0.25, -0.2) is 0 Å². The Labute approximate surface area is 556 Å². The van der Waals surface area contributed by atoms with E-state index in [1.165, 1.54) is 366 Å². The van der Waals surface area contributed by atoms with Crippen LogP contribution in [-0.4, -0.2) is 47.4 Å². The number of unbranched alkanes of at least 4 members (excludes halogenated alkanes) is 59. The van der Waals surface area contributed by atoms with E-state index in [9.17, 15) is 19.8 Å². The number of ether oxygens (including phenoxy) is 1. The van der Waals surface area contributed by atoms with Gasteiger partial charge in [0.05, 0.1) is 25.4 Å². The molecule has 2 atom stereocenters. The average Bonchev–Trinajstić information content (AvgIpc) is 3.59. The van der Waals surface area contributed by atoms with Crippen molar-refractivity contribution in [3.63, 3.8) is 0 Å². The standard InChI is InChI=1S/C83H157NO5/c1-3-5-7-9-11-13-15-17-19-20-45-49-53-57-61-65-69-73-77-83(88)89-78-74-70-66-62-58-54-50-46-43-41-39-37-35-33-31-29-27-25-23-21-22-24-26-28-30-32-34-36-38-40-42-44-48-52-56-60-64-68-72-76-82(87)84-80(79-85)81(86)75-71-67-63-59-55-51-47-18-16-14-12-10-8-6-4-2/h13,15,19-22,71,75,80-81,85-86H,3-12,14,16-18,23-70,72-74,76-79H2,1-2H3,(H,84,87)/b15-13-,20-19-,22-21-,75-71+. The monoisotopic (exact) mass is 1250 g/mol. The van der Waals surface area contributed by atoms with Crippen molar-refractivity contribution < 1.29 is 24.5 Å². The van der Waals surface area contributed by atoms with E-state index in [4.69, 9.17) is 4.74 Å². The van der Waals surface area contributed by atoms with Gasteiger partial charge in [0, 0.05) is 12.8 Å². The number of allylic oxidation sites excluding steroid dienone is 7. The van der Waals surface area contributed by atoms with Crippen molar-refractivity contribution in [1.82, 2.24) is 5.32 Å². The molecule has 0 spiro atoms. The van der Waals surface area contributed by atoms with Gasteiger partial charge in [0.15, 0.2) is 0 Å². The van der Waals surface area contributed by atoms with Crippen molar-refractivity contribution >= 4 is 11.9 Å². The molecule has 1 amide bonds. The summed E-state index contributed by atoms with van der Waals surface area (Å²) in [6.45, 7) is 4.92. The van der Waals surface area contributed by atoms with E-state index >= 15 is 0 Å². The van der Waals surface area contributed by atoms with Crippen LogP contribution in [0.5, 0.6) is 0 Å². The first-order chi connectivity index (χ1) is 44.0. The Morgan fingerprint density at radius 3 is 0.876 bits per heavy atom. The van der Waals surface area contributed by atoms with Gasteiger partial charge in [-0.05, 0) is 89.9 Å². The predicted molar refractivity (Wildman–Crippen MR) is 393 cm³/mol. The predicted octanol–water partition coefficient (Wildman–Crippen LogP) is 26.8. The molecular weight excluding hydrogens is 1090 g/mol. The summed E-state index contributed by atoms with van der Waals surface area (Å²) in [4.78, 5) is 24.6. The maximum Gasteiger partial charge on any atom is 0.305 e. The lowest BCUT2D eigenvalue weighted by molar-refractivity contribution is -0.143. The third kappa shape index (κ3) is 74.7. The van der Waals surface area contributed by atoms with Crippen molar-refractivity contribution in [2.45, 2.75) is 456 Å². The van der Waals surface area contributed by atoms with Crippen LogP contribution < -0.4 is 5.32 Å². The first kappa shape index (κ1) is 86.8. The van der Waals surface area contributed by atoms with E-state index in [1.807, 2.05) is 6.08 Å². The van der Waals surface area contributed by atoms with Gasteiger partial charge in [-0.15, -0.1) is 0 Å². The molecule has 6 heteroatoms. The zero-order valence-electron chi connectivity index (χ0n) is 60.2. The third-order valence-corrected chi connectivity index (χ3v) is 18.8. The normalized spacial score (nSPS) is 12.7. The highest BCUT2D eigenvalue weighted by Crippen LogP contribution is 2.19.